The summed E-state index contributed by atoms with van der Waals surface area (Å²) in [7, 11) is 1.51. The minimum Gasteiger partial charge on any atom is -0.493 e. The fourth-order valence-corrected chi connectivity index (χ4v) is 2.95. The van der Waals surface area contributed by atoms with Gasteiger partial charge in [-0.2, -0.15) is 0 Å². The maximum Gasteiger partial charge on any atom is 0.335 e. The number of anilines is 1. The number of hydrogen-bond donors (Lipinski definition) is 1. The van der Waals surface area contributed by atoms with E-state index in [1.807, 2.05) is 13.8 Å². The molecule has 0 radical (unpaired) electrons. The number of urea groups is 1. The van der Waals surface area contributed by atoms with Gasteiger partial charge in [-0.05, 0) is 61.4 Å². The first-order valence-corrected chi connectivity index (χ1v) is 9.73. The number of rotatable bonds is 6. The number of benzene rings is 2. The Morgan fingerprint density at radius 2 is 1.80 bits per heavy atom. The van der Waals surface area contributed by atoms with E-state index >= 15 is 0 Å². The summed E-state index contributed by atoms with van der Waals surface area (Å²) in [5, 5.41) is 2.65. The van der Waals surface area contributed by atoms with Crippen molar-refractivity contribution in [3.8, 4) is 11.5 Å². The number of ether oxygens (including phenoxy) is 2. The Labute approximate surface area is 179 Å². The molecule has 7 nitrogen and oxygen atoms in total. The minimum absolute atomic E-state index is 0.00718. The van der Waals surface area contributed by atoms with Crippen molar-refractivity contribution in [2.75, 3.05) is 12.0 Å². The highest BCUT2D eigenvalue weighted by atomic mass is 35.5. The molecule has 4 amide bonds. The van der Waals surface area contributed by atoms with Crippen LogP contribution in [0, 0.1) is 0 Å². The molecule has 8 heteroatoms. The highest BCUT2D eigenvalue weighted by Gasteiger charge is 2.36. The molecule has 0 aromatic heterocycles. The zero-order valence-corrected chi connectivity index (χ0v) is 17.5. The molecule has 1 atom stereocenters. The van der Waals surface area contributed by atoms with E-state index in [-0.39, 0.29) is 11.7 Å². The molecule has 30 heavy (non-hydrogen) atoms. The quantitative estimate of drug-likeness (QED) is 0.550. The molecular formula is C22H21ClN2O5. The Morgan fingerprint density at radius 1 is 1.10 bits per heavy atom. The first-order chi connectivity index (χ1) is 14.3. The maximum absolute atomic E-state index is 12.9. The summed E-state index contributed by atoms with van der Waals surface area (Å²) >= 11 is 5.87. The van der Waals surface area contributed by atoms with E-state index in [2.05, 4.69) is 5.32 Å². The van der Waals surface area contributed by atoms with Crippen LogP contribution in [0.2, 0.25) is 5.02 Å². The van der Waals surface area contributed by atoms with Gasteiger partial charge in [-0.3, -0.25) is 14.9 Å². The monoisotopic (exact) mass is 428 g/mol. The normalized spacial score (nSPS) is 16.5. The van der Waals surface area contributed by atoms with Crippen molar-refractivity contribution in [2.45, 2.75) is 26.4 Å². The number of imide groups is 2. The summed E-state index contributed by atoms with van der Waals surface area (Å²) in [6, 6.07) is 10.4. The standard InChI is InChI=1S/C22H21ClN2O5/c1-4-13(2)30-18-10-5-14(12-19(18)29-3)11-17-20(26)24-22(28)25(21(17)27)16-8-6-15(23)7-9-16/h5-13H,4H2,1-3H3,(H,24,26,28)/b17-11+. The number of carbonyl (C=O) groups excluding carboxylic acids is 3. The van der Waals surface area contributed by atoms with Gasteiger partial charge in [0.05, 0.1) is 18.9 Å². The fraction of sp³-hybridized carbons (Fsp3) is 0.227. The third-order valence-corrected chi connectivity index (χ3v) is 4.84. The van der Waals surface area contributed by atoms with Crippen LogP contribution in [0.25, 0.3) is 6.08 Å². The molecule has 0 bridgehead atoms. The number of hydrogen-bond acceptors (Lipinski definition) is 5. The van der Waals surface area contributed by atoms with Crippen molar-refractivity contribution in [2.24, 2.45) is 0 Å². The van der Waals surface area contributed by atoms with Crippen LogP contribution in [0.5, 0.6) is 11.5 Å². The molecule has 1 N–H and O–H groups in total. The van der Waals surface area contributed by atoms with E-state index in [9.17, 15) is 14.4 Å². The summed E-state index contributed by atoms with van der Waals surface area (Å²) in [6.45, 7) is 3.96. The predicted octanol–water partition coefficient (Wildman–Crippen LogP) is 4.19. The molecule has 1 saturated heterocycles. The average molecular weight is 429 g/mol. The molecule has 2 aromatic carbocycles. The van der Waals surface area contributed by atoms with Gasteiger partial charge in [0, 0.05) is 5.02 Å². The smallest absolute Gasteiger partial charge is 0.335 e. The van der Waals surface area contributed by atoms with Gasteiger partial charge in [0.15, 0.2) is 11.5 Å². The average Bonchev–Trinajstić information content (AvgIpc) is 2.73. The second kappa shape index (κ2) is 9.00. The van der Waals surface area contributed by atoms with E-state index in [4.69, 9.17) is 21.1 Å². The Balaban J connectivity index is 1.95. The molecular weight excluding hydrogens is 408 g/mol. The van der Waals surface area contributed by atoms with Crippen LogP contribution in [0.1, 0.15) is 25.8 Å². The molecule has 1 unspecified atom stereocenters. The highest BCUT2D eigenvalue weighted by Crippen LogP contribution is 2.31. The zero-order chi connectivity index (χ0) is 21.8. The first kappa shape index (κ1) is 21.4. The van der Waals surface area contributed by atoms with Crippen LogP contribution < -0.4 is 19.7 Å². The van der Waals surface area contributed by atoms with Crippen molar-refractivity contribution >= 4 is 41.2 Å². The van der Waals surface area contributed by atoms with Crippen molar-refractivity contribution < 1.29 is 23.9 Å². The largest absolute Gasteiger partial charge is 0.493 e. The molecule has 156 valence electrons. The van der Waals surface area contributed by atoms with Gasteiger partial charge in [-0.1, -0.05) is 24.6 Å². The second-order valence-corrected chi connectivity index (χ2v) is 7.12. The third-order valence-electron chi connectivity index (χ3n) is 4.59. The Morgan fingerprint density at radius 3 is 2.43 bits per heavy atom. The van der Waals surface area contributed by atoms with Crippen LogP contribution in [-0.4, -0.2) is 31.1 Å². The Kier molecular flexibility index (Phi) is 6.42. The van der Waals surface area contributed by atoms with Crippen LogP contribution in [0.3, 0.4) is 0 Å². The van der Waals surface area contributed by atoms with E-state index in [0.717, 1.165) is 11.3 Å². The lowest BCUT2D eigenvalue weighted by Gasteiger charge is -2.26. The lowest BCUT2D eigenvalue weighted by molar-refractivity contribution is -0.122. The van der Waals surface area contributed by atoms with E-state index < -0.39 is 17.8 Å². The number of nitrogens with one attached hydrogen (secondary N) is 1. The van der Waals surface area contributed by atoms with E-state index in [1.54, 1.807) is 30.3 Å². The SMILES string of the molecule is CCC(C)Oc1ccc(/C=C2\C(=O)NC(=O)N(c3ccc(Cl)cc3)C2=O)cc1OC. The molecule has 3 rings (SSSR count). The zero-order valence-electron chi connectivity index (χ0n) is 16.8. The van der Waals surface area contributed by atoms with Crippen LogP contribution in [-0.2, 0) is 9.59 Å². The summed E-state index contributed by atoms with van der Waals surface area (Å²) in [5.74, 6) is -0.468. The van der Waals surface area contributed by atoms with Gasteiger partial charge < -0.3 is 9.47 Å². The Hall–Kier alpha value is -3.32. The number of carbonyl (C=O) groups is 3. The topological polar surface area (TPSA) is 84.9 Å². The van der Waals surface area contributed by atoms with Crippen LogP contribution in [0.15, 0.2) is 48.0 Å². The summed E-state index contributed by atoms with van der Waals surface area (Å²) in [6.07, 6.45) is 2.24. The molecule has 1 aliphatic rings. The highest BCUT2D eigenvalue weighted by molar-refractivity contribution is 6.39. The minimum atomic E-state index is -0.820. The third kappa shape index (κ3) is 4.46. The van der Waals surface area contributed by atoms with Gasteiger partial charge in [-0.15, -0.1) is 0 Å². The lowest BCUT2D eigenvalue weighted by Crippen LogP contribution is -2.54. The van der Waals surface area contributed by atoms with E-state index in [1.165, 1.54) is 25.3 Å². The number of halogens is 1. The number of nitrogens with zero attached hydrogens (tertiary/aromatic N) is 1. The van der Waals surface area contributed by atoms with Gasteiger partial charge >= 0.3 is 6.03 Å². The maximum atomic E-state index is 12.9. The van der Waals surface area contributed by atoms with Gasteiger partial charge in [0.25, 0.3) is 11.8 Å². The first-order valence-electron chi connectivity index (χ1n) is 9.35. The molecule has 1 aliphatic heterocycles. The van der Waals surface area contributed by atoms with Crippen LogP contribution >= 0.6 is 11.6 Å². The van der Waals surface area contributed by atoms with E-state index in [0.29, 0.717) is 27.8 Å². The molecule has 0 spiro atoms. The van der Waals surface area contributed by atoms with Crippen molar-refractivity contribution in [1.82, 2.24) is 5.32 Å². The molecule has 1 fully saturated rings. The number of amides is 4. The summed E-state index contributed by atoms with van der Waals surface area (Å²) in [4.78, 5) is 38.4. The number of methoxy groups -OCH3 is 1. The molecule has 0 aliphatic carbocycles. The lowest BCUT2D eigenvalue weighted by atomic mass is 10.1. The van der Waals surface area contributed by atoms with Gasteiger partial charge in [0.2, 0.25) is 0 Å². The van der Waals surface area contributed by atoms with Crippen molar-refractivity contribution in [3.63, 3.8) is 0 Å². The summed E-state index contributed by atoms with van der Waals surface area (Å²) in [5.41, 5.74) is 0.671. The Bertz CT molecular complexity index is 1020. The molecule has 2 aromatic rings. The van der Waals surface area contributed by atoms with Gasteiger partial charge in [0.1, 0.15) is 5.57 Å². The summed E-state index contributed by atoms with van der Waals surface area (Å²) < 4.78 is 11.2. The van der Waals surface area contributed by atoms with Crippen molar-refractivity contribution in [1.29, 1.82) is 0 Å². The van der Waals surface area contributed by atoms with Gasteiger partial charge in [-0.25, -0.2) is 9.69 Å². The second-order valence-electron chi connectivity index (χ2n) is 6.68. The molecule has 0 saturated carbocycles. The predicted molar refractivity (Wildman–Crippen MR) is 114 cm³/mol. The number of barbiturate groups is 1. The van der Waals surface area contributed by atoms with Crippen LogP contribution in [0.4, 0.5) is 10.5 Å². The fourth-order valence-electron chi connectivity index (χ4n) is 2.82. The van der Waals surface area contributed by atoms with Crippen molar-refractivity contribution in [3.05, 3.63) is 58.6 Å². The molecule has 1 heterocycles.